The zero-order valence-corrected chi connectivity index (χ0v) is 16.9. The van der Waals surface area contributed by atoms with Crippen molar-refractivity contribution in [2.75, 3.05) is 5.32 Å². The number of anilines is 1. The molecular formula is C19H17F2N5O3S. The summed E-state index contributed by atoms with van der Waals surface area (Å²) >= 11 is 1.22. The van der Waals surface area contributed by atoms with Gasteiger partial charge in [0.1, 0.15) is 22.9 Å². The normalized spacial score (nSPS) is 11.6. The molecule has 0 bridgehead atoms. The molecule has 0 saturated heterocycles. The Bertz CT molecular complexity index is 1400. The van der Waals surface area contributed by atoms with Gasteiger partial charge in [0.2, 0.25) is 11.7 Å². The third-order valence-electron chi connectivity index (χ3n) is 4.43. The van der Waals surface area contributed by atoms with E-state index in [4.69, 9.17) is 0 Å². The van der Waals surface area contributed by atoms with E-state index in [1.807, 2.05) is 13.8 Å². The molecule has 0 saturated carbocycles. The molecule has 156 valence electrons. The summed E-state index contributed by atoms with van der Waals surface area (Å²) < 4.78 is 30.8. The molecule has 0 radical (unpaired) electrons. The summed E-state index contributed by atoms with van der Waals surface area (Å²) in [5.41, 5.74) is -0.645. The van der Waals surface area contributed by atoms with Crippen LogP contribution >= 0.6 is 11.3 Å². The molecule has 8 nitrogen and oxygen atoms in total. The number of fused-ring (bicyclic) bond motifs is 3. The van der Waals surface area contributed by atoms with Crippen molar-refractivity contribution in [1.29, 1.82) is 0 Å². The number of benzene rings is 1. The van der Waals surface area contributed by atoms with Crippen molar-refractivity contribution in [2.24, 2.45) is 5.92 Å². The zero-order chi connectivity index (χ0) is 21.6. The van der Waals surface area contributed by atoms with Crippen molar-refractivity contribution in [3.8, 4) is 0 Å². The van der Waals surface area contributed by atoms with Crippen LogP contribution in [0.25, 0.3) is 16.0 Å². The summed E-state index contributed by atoms with van der Waals surface area (Å²) in [5.74, 6) is -2.17. The van der Waals surface area contributed by atoms with Gasteiger partial charge < -0.3 is 5.32 Å². The van der Waals surface area contributed by atoms with Gasteiger partial charge in [-0.1, -0.05) is 13.8 Å². The highest BCUT2D eigenvalue weighted by molar-refractivity contribution is 7.17. The molecule has 0 aliphatic rings. The summed E-state index contributed by atoms with van der Waals surface area (Å²) in [6.45, 7) is 3.71. The second-order valence-corrected chi connectivity index (χ2v) is 8.11. The molecule has 0 aliphatic carbocycles. The highest BCUT2D eigenvalue weighted by Gasteiger charge is 2.20. The number of hydrogen-bond donors (Lipinski definition) is 1. The number of carbonyl (C=O) groups excluding carboxylic acids is 1. The lowest BCUT2D eigenvalue weighted by molar-refractivity contribution is -0.117. The fourth-order valence-corrected chi connectivity index (χ4v) is 4.01. The number of aromatic nitrogens is 4. The Hall–Kier alpha value is -3.34. The maximum Gasteiger partial charge on any atom is 0.352 e. The molecule has 1 N–H and O–H groups in total. The predicted octanol–water partition coefficient (Wildman–Crippen LogP) is 2.45. The van der Waals surface area contributed by atoms with Crippen LogP contribution < -0.4 is 16.6 Å². The van der Waals surface area contributed by atoms with Gasteiger partial charge in [-0.3, -0.25) is 14.2 Å². The average Bonchev–Trinajstić information content (AvgIpc) is 3.26. The number of halogens is 2. The zero-order valence-electron chi connectivity index (χ0n) is 16.1. The Morgan fingerprint density at radius 1 is 1.23 bits per heavy atom. The summed E-state index contributed by atoms with van der Waals surface area (Å²) in [4.78, 5) is 38.1. The van der Waals surface area contributed by atoms with Crippen molar-refractivity contribution in [1.82, 2.24) is 18.7 Å². The Morgan fingerprint density at radius 2 is 2.00 bits per heavy atom. The van der Waals surface area contributed by atoms with E-state index in [0.717, 1.165) is 16.8 Å². The van der Waals surface area contributed by atoms with Gasteiger partial charge in [-0.15, -0.1) is 16.4 Å². The first-order valence-corrected chi connectivity index (χ1v) is 9.98. The lowest BCUT2D eigenvalue weighted by Gasteiger charge is -2.09. The van der Waals surface area contributed by atoms with Crippen LogP contribution in [0.1, 0.15) is 13.8 Å². The van der Waals surface area contributed by atoms with E-state index in [-0.39, 0.29) is 22.9 Å². The number of thiophene rings is 1. The van der Waals surface area contributed by atoms with Gasteiger partial charge in [0.05, 0.1) is 11.2 Å². The minimum atomic E-state index is -0.934. The van der Waals surface area contributed by atoms with Gasteiger partial charge in [0, 0.05) is 12.6 Å². The van der Waals surface area contributed by atoms with Gasteiger partial charge in [0.15, 0.2) is 0 Å². The maximum atomic E-state index is 13.8. The topological polar surface area (TPSA) is 90.4 Å². The maximum absolute atomic E-state index is 13.8. The fraction of sp³-hybridized carbons (Fsp3) is 0.263. The van der Waals surface area contributed by atoms with E-state index in [9.17, 15) is 23.2 Å². The molecule has 3 aromatic heterocycles. The van der Waals surface area contributed by atoms with E-state index in [0.29, 0.717) is 22.8 Å². The summed E-state index contributed by atoms with van der Waals surface area (Å²) in [5, 5.41) is 8.19. The highest BCUT2D eigenvalue weighted by Crippen LogP contribution is 2.18. The van der Waals surface area contributed by atoms with Crippen LogP contribution in [0.5, 0.6) is 0 Å². The van der Waals surface area contributed by atoms with Crippen LogP contribution in [-0.4, -0.2) is 24.7 Å². The number of amides is 1. The molecule has 1 aromatic carbocycles. The van der Waals surface area contributed by atoms with E-state index in [2.05, 4.69) is 10.4 Å². The number of nitrogens with one attached hydrogen (secondary N) is 1. The van der Waals surface area contributed by atoms with Crippen molar-refractivity contribution in [2.45, 2.75) is 26.9 Å². The van der Waals surface area contributed by atoms with Gasteiger partial charge >= 0.3 is 5.69 Å². The quantitative estimate of drug-likeness (QED) is 0.524. The monoisotopic (exact) mass is 433 g/mol. The average molecular weight is 433 g/mol. The third kappa shape index (κ3) is 3.41. The molecule has 4 rings (SSSR count). The Balaban J connectivity index is 1.77. The van der Waals surface area contributed by atoms with Crippen LogP contribution in [0.15, 0.2) is 39.2 Å². The predicted molar refractivity (Wildman–Crippen MR) is 109 cm³/mol. The summed E-state index contributed by atoms with van der Waals surface area (Å²) in [6.07, 6.45) is 0. The second-order valence-electron chi connectivity index (χ2n) is 7.19. The second kappa shape index (κ2) is 7.48. The van der Waals surface area contributed by atoms with Crippen molar-refractivity contribution < 1.29 is 13.6 Å². The largest absolute Gasteiger partial charge is 0.352 e. The molecule has 0 spiro atoms. The Labute approximate surface area is 172 Å². The standard InChI is InChI=1S/C19H17F2N5O3S/c1-10(2)8-24-17(28)16-14(5-6-30-16)26-18(24)23-25(19(26)29)9-15(27)22-13-4-3-11(20)7-12(13)21/h3-7,10H,8-9H2,1-2H3,(H,22,27). The van der Waals surface area contributed by atoms with E-state index in [1.54, 1.807) is 11.4 Å². The molecule has 0 atom stereocenters. The lowest BCUT2D eigenvalue weighted by atomic mass is 10.2. The molecule has 3 heterocycles. The molecular weight excluding hydrogens is 416 g/mol. The smallest absolute Gasteiger partial charge is 0.322 e. The first-order valence-electron chi connectivity index (χ1n) is 9.10. The summed E-state index contributed by atoms with van der Waals surface area (Å²) in [7, 11) is 0. The van der Waals surface area contributed by atoms with Gasteiger partial charge in [0.25, 0.3) is 5.56 Å². The third-order valence-corrected chi connectivity index (χ3v) is 5.33. The first-order chi connectivity index (χ1) is 14.3. The molecule has 30 heavy (non-hydrogen) atoms. The number of nitrogens with zero attached hydrogens (tertiary/aromatic N) is 4. The van der Waals surface area contributed by atoms with Gasteiger partial charge in [-0.05, 0) is 29.5 Å². The SMILES string of the molecule is CC(C)Cn1c(=O)c2sccc2n2c(=O)n(CC(=O)Nc3ccc(F)cc3F)nc12. The van der Waals surface area contributed by atoms with Crippen LogP contribution in [-0.2, 0) is 17.9 Å². The van der Waals surface area contributed by atoms with Crippen molar-refractivity contribution >= 4 is 38.9 Å². The molecule has 0 fully saturated rings. The fourth-order valence-electron chi connectivity index (χ4n) is 3.18. The Morgan fingerprint density at radius 3 is 2.70 bits per heavy atom. The highest BCUT2D eigenvalue weighted by atomic mass is 32.1. The number of rotatable bonds is 5. The van der Waals surface area contributed by atoms with Gasteiger partial charge in [-0.2, -0.15) is 0 Å². The first kappa shape index (κ1) is 20.0. The summed E-state index contributed by atoms with van der Waals surface area (Å²) in [6, 6.07) is 4.39. The molecule has 0 aliphatic heterocycles. The minimum Gasteiger partial charge on any atom is -0.322 e. The molecule has 0 unspecified atom stereocenters. The van der Waals surface area contributed by atoms with Crippen LogP contribution in [0.4, 0.5) is 14.5 Å². The van der Waals surface area contributed by atoms with Crippen molar-refractivity contribution in [3.63, 3.8) is 0 Å². The molecule has 1 amide bonds. The lowest BCUT2D eigenvalue weighted by Crippen LogP contribution is -2.29. The van der Waals surface area contributed by atoms with Crippen molar-refractivity contribution in [3.05, 3.63) is 62.1 Å². The van der Waals surface area contributed by atoms with Crippen LogP contribution in [0.2, 0.25) is 0 Å². The number of carbonyl (C=O) groups is 1. The van der Waals surface area contributed by atoms with Crippen LogP contribution in [0.3, 0.4) is 0 Å². The molecule has 4 aromatic rings. The number of hydrogen-bond acceptors (Lipinski definition) is 5. The van der Waals surface area contributed by atoms with E-state index < -0.39 is 29.8 Å². The van der Waals surface area contributed by atoms with Crippen LogP contribution in [0, 0.1) is 17.6 Å². The van der Waals surface area contributed by atoms with E-state index in [1.165, 1.54) is 20.3 Å². The minimum absolute atomic E-state index is 0.119. The van der Waals surface area contributed by atoms with Gasteiger partial charge in [-0.25, -0.2) is 22.7 Å². The Kier molecular flexibility index (Phi) is 4.98. The van der Waals surface area contributed by atoms with E-state index >= 15 is 0 Å². The molecule has 11 heteroatoms.